The van der Waals surface area contributed by atoms with Crippen molar-refractivity contribution >= 4 is 26.6 Å². The van der Waals surface area contributed by atoms with Gasteiger partial charge in [-0.2, -0.15) is 0 Å². The highest BCUT2D eigenvalue weighted by Crippen LogP contribution is 2.00. The highest BCUT2D eigenvalue weighted by molar-refractivity contribution is 6.38. The van der Waals surface area contributed by atoms with E-state index in [2.05, 4.69) is 0 Å². The molecule has 0 amide bonds. The Morgan fingerprint density at radius 2 is 2.00 bits per heavy atom. The summed E-state index contributed by atoms with van der Waals surface area (Å²) in [6.07, 6.45) is 0. The predicted molar refractivity (Wildman–Crippen MR) is 48.7 cm³/mol. The lowest BCUT2D eigenvalue weighted by atomic mass is 9.84. The van der Waals surface area contributed by atoms with E-state index < -0.39 is 0 Å². The predicted octanol–water partition coefficient (Wildman–Crippen LogP) is -2.17. The Kier molecular flexibility index (Phi) is 2.34. The van der Waals surface area contributed by atoms with Crippen molar-refractivity contribution < 1.29 is 9.50 Å². The van der Waals surface area contributed by atoms with Crippen LogP contribution in [0.25, 0.3) is 0 Å². The summed E-state index contributed by atoms with van der Waals surface area (Å²) in [5, 5.41) is 8.75. The van der Waals surface area contributed by atoms with Gasteiger partial charge in [0.15, 0.2) is 0 Å². The number of halogens is 1. The van der Waals surface area contributed by atoms with Gasteiger partial charge < -0.3 is 5.11 Å². The molecule has 11 heavy (non-hydrogen) atoms. The normalized spacial score (nSPS) is 10.0. The summed E-state index contributed by atoms with van der Waals surface area (Å²) in [4.78, 5) is 0. The van der Waals surface area contributed by atoms with Gasteiger partial charge in [0, 0.05) is 5.56 Å². The monoisotopic (exact) mass is 150 g/mol. The van der Waals surface area contributed by atoms with Crippen molar-refractivity contribution in [3.63, 3.8) is 0 Å². The molecule has 0 unspecified atom stereocenters. The van der Waals surface area contributed by atoms with E-state index in [-0.39, 0.29) is 12.4 Å². The third-order valence-electron chi connectivity index (χ3n) is 1.72. The molecule has 0 aliphatic rings. The summed E-state index contributed by atoms with van der Waals surface area (Å²) in [6.45, 7) is -0.224. The molecular formula is C7H9B2FO. The first-order valence-corrected chi connectivity index (χ1v) is 3.51. The van der Waals surface area contributed by atoms with Gasteiger partial charge in [-0.1, -0.05) is 17.0 Å². The second kappa shape index (κ2) is 3.09. The fourth-order valence-corrected chi connectivity index (χ4v) is 1.15. The minimum atomic E-state index is -0.315. The molecule has 0 heterocycles. The topological polar surface area (TPSA) is 20.2 Å². The SMILES string of the molecule is Bc1cc(B)c(CO)c(F)c1. The van der Waals surface area contributed by atoms with Crippen LogP contribution in [0.5, 0.6) is 0 Å². The summed E-state index contributed by atoms with van der Waals surface area (Å²) >= 11 is 0. The Labute approximate surface area is 67.1 Å². The van der Waals surface area contributed by atoms with Crippen molar-refractivity contribution in [2.75, 3.05) is 0 Å². The van der Waals surface area contributed by atoms with Crippen LogP contribution in [0.4, 0.5) is 4.39 Å². The van der Waals surface area contributed by atoms with E-state index in [1.807, 2.05) is 13.9 Å². The summed E-state index contributed by atoms with van der Waals surface area (Å²) in [5.74, 6) is -0.315. The first-order valence-electron chi connectivity index (χ1n) is 3.51. The number of benzene rings is 1. The standard InChI is InChI=1S/C7H9B2FO/c8-4-1-6(9)5(3-11)7(10)2-4/h1-2,11H,3,8-9H2. The molecule has 0 bridgehead atoms. The molecule has 0 aromatic heterocycles. The van der Waals surface area contributed by atoms with E-state index in [9.17, 15) is 4.39 Å². The molecule has 1 rings (SSSR count). The minimum Gasteiger partial charge on any atom is -0.392 e. The molecule has 0 aliphatic carbocycles. The van der Waals surface area contributed by atoms with Gasteiger partial charge in [-0.25, -0.2) is 4.39 Å². The van der Waals surface area contributed by atoms with Gasteiger partial charge in [-0.15, -0.1) is 0 Å². The third-order valence-corrected chi connectivity index (χ3v) is 1.72. The van der Waals surface area contributed by atoms with Crippen LogP contribution in [0, 0.1) is 5.82 Å². The smallest absolute Gasteiger partial charge is 0.139 e. The van der Waals surface area contributed by atoms with Crippen molar-refractivity contribution in [3.05, 3.63) is 23.5 Å². The molecule has 1 aromatic carbocycles. The van der Waals surface area contributed by atoms with Crippen LogP contribution < -0.4 is 10.9 Å². The fraction of sp³-hybridized carbons (Fsp3) is 0.143. The van der Waals surface area contributed by atoms with Crippen LogP contribution in [0.2, 0.25) is 0 Å². The second-order valence-corrected chi connectivity index (χ2v) is 2.70. The summed E-state index contributed by atoms with van der Waals surface area (Å²) in [7, 11) is 3.62. The second-order valence-electron chi connectivity index (χ2n) is 2.70. The van der Waals surface area contributed by atoms with Crippen LogP contribution >= 0.6 is 0 Å². The Bertz CT molecular complexity index is 252. The van der Waals surface area contributed by atoms with Crippen molar-refractivity contribution in [2.24, 2.45) is 0 Å². The highest BCUT2D eigenvalue weighted by Gasteiger charge is 2.03. The van der Waals surface area contributed by atoms with Crippen molar-refractivity contribution in [2.45, 2.75) is 6.61 Å². The first-order chi connectivity index (χ1) is 5.15. The van der Waals surface area contributed by atoms with Crippen molar-refractivity contribution in [1.29, 1.82) is 0 Å². The van der Waals surface area contributed by atoms with E-state index in [0.717, 1.165) is 10.9 Å². The molecule has 0 fully saturated rings. The molecule has 4 heteroatoms. The van der Waals surface area contributed by atoms with Crippen LogP contribution in [-0.4, -0.2) is 20.8 Å². The zero-order chi connectivity index (χ0) is 8.43. The number of hydrogen-bond acceptors (Lipinski definition) is 1. The maximum absolute atomic E-state index is 13.0. The lowest BCUT2D eigenvalue weighted by molar-refractivity contribution is 0.277. The number of rotatable bonds is 1. The third kappa shape index (κ3) is 1.63. The molecule has 1 nitrogen and oxygen atoms in total. The molecule has 56 valence electrons. The zero-order valence-electron chi connectivity index (χ0n) is 6.69. The number of hydrogen-bond donors (Lipinski definition) is 1. The van der Waals surface area contributed by atoms with Crippen LogP contribution in [0.1, 0.15) is 5.56 Å². The van der Waals surface area contributed by atoms with Gasteiger partial charge in [0.1, 0.15) is 21.5 Å². The molecule has 0 saturated heterocycles. The van der Waals surface area contributed by atoms with E-state index in [4.69, 9.17) is 5.11 Å². The van der Waals surface area contributed by atoms with E-state index in [0.29, 0.717) is 5.56 Å². The Morgan fingerprint density at radius 3 is 2.45 bits per heavy atom. The zero-order valence-corrected chi connectivity index (χ0v) is 6.69. The van der Waals surface area contributed by atoms with Gasteiger partial charge >= 0.3 is 0 Å². The lowest BCUT2D eigenvalue weighted by Gasteiger charge is -2.04. The highest BCUT2D eigenvalue weighted by atomic mass is 19.1. The molecule has 0 aliphatic heterocycles. The van der Waals surface area contributed by atoms with Gasteiger partial charge in [-0.05, 0) is 6.07 Å². The Hall–Kier alpha value is -0.760. The lowest BCUT2D eigenvalue weighted by Crippen LogP contribution is -2.20. The quantitative estimate of drug-likeness (QED) is 0.451. The minimum absolute atomic E-state index is 0.224. The molecule has 0 saturated carbocycles. The number of aliphatic hydroxyl groups is 1. The Morgan fingerprint density at radius 1 is 1.36 bits per heavy atom. The van der Waals surface area contributed by atoms with E-state index in [1.165, 1.54) is 6.07 Å². The largest absolute Gasteiger partial charge is 0.392 e. The molecule has 1 aromatic rings. The average molecular weight is 150 g/mol. The van der Waals surface area contributed by atoms with Gasteiger partial charge in [-0.3, -0.25) is 0 Å². The Balaban J connectivity index is 3.25. The van der Waals surface area contributed by atoms with Gasteiger partial charge in [0.25, 0.3) is 0 Å². The summed E-state index contributed by atoms with van der Waals surface area (Å²) < 4.78 is 13.0. The number of aliphatic hydroxyl groups excluding tert-OH is 1. The molecular weight excluding hydrogens is 141 g/mol. The molecule has 1 N–H and O–H groups in total. The summed E-state index contributed by atoms with van der Waals surface area (Å²) in [6, 6.07) is 3.28. The van der Waals surface area contributed by atoms with Crippen LogP contribution in [-0.2, 0) is 6.61 Å². The van der Waals surface area contributed by atoms with E-state index in [1.54, 1.807) is 7.85 Å². The molecule has 0 spiro atoms. The van der Waals surface area contributed by atoms with Gasteiger partial charge in [0.05, 0.1) is 6.61 Å². The van der Waals surface area contributed by atoms with Crippen LogP contribution in [0.3, 0.4) is 0 Å². The fourth-order valence-electron chi connectivity index (χ4n) is 1.15. The van der Waals surface area contributed by atoms with Gasteiger partial charge in [0.2, 0.25) is 0 Å². The first kappa shape index (κ1) is 8.34. The van der Waals surface area contributed by atoms with Crippen LogP contribution in [0.15, 0.2) is 12.1 Å². The maximum Gasteiger partial charge on any atom is 0.139 e. The van der Waals surface area contributed by atoms with Crippen molar-refractivity contribution in [3.8, 4) is 0 Å². The van der Waals surface area contributed by atoms with E-state index >= 15 is 0 Å². The molecule has 0 atom stereocenters. The van der Waals surface area contributed by atoms with Crippen molar-refractivity contribution in [1.82, 2.24) is 0 Å². The average Bonchev–Trinajstić information content (AvgIpc) is 1.85. The molecule has 0 radical (unpaired) electrons. The maximum atomic E-state index is 13.0. The summed E-state index contributed by atoms with van der Waals surface area (Å²) in [5.41, 5.74) is 2.10.